The van der Waals surface area contributed by atoms with Gasteiger partial charge in [-0.15, -0.1) is 0 Å². The summed E-state index contributed by atoms with van der Waals surface area (Å²) in [6.45, 7) is 0. The summed E-state index contributed by atoms with van der Waals surface area (Å²) >= 11 is 6.20. The molecule has 100 valence electrons. The highest BCUT2D eigenvalue weighted by atomic mass is 79.9. The molecule has 0 aliphatic rings. The van der Waals surface area contributed by atoms with E-state index in [-0.39, 0.29) is 10.2 Å². The van der Waals surface area contributed by atoms with E-state index in [9.17, 15) is 8.78 Å². The molecule has 0 fully saturated rings. The minimum absolute atomic E-state index is 0.0654. The molecule has 4 N–H and O–H groups in total. The molecule has 0 radical (unpaired) electrons. The van der Waals surface area contributed by atoms with Gasteiger partial charge >= 0.3 is 0 Å². The largest absolute Gasteiger partial charge is 0.337 e. The van der Waals surface area contributed by atoms with Crippen LogP contribution >= 0.6 is 31.9 Å². The number of anilines is 3. The van der Waals surface area contributed by atoms with Crippen LogP contribution in [-0.4, -0.2) is 9.97 Å². The molecule has 0 amide bonds. The lowest BCUT2D eigenvalue weighted by atomic mass is 10.3. The number of halogens is 4. The highest BCUT2D eigenvalue weighted by molar-refractivity contribution is 9.11. The van der Waals surface area contributed by atoms with Crippen LogP contribution in [0.2, 0.25) is 0 Å². The number of hydrogen-bond acceptors (Lipinski definition) is 5. The molecule has 0 saturated carbocycles. The van der Waals surface area contributed by atoms with Gasteiger partial charge in [-0.3, -0.25) is 0 Å². The van der Waals surface area contributed by atoms with E-state index in [1.165, 1.54) is 12.4 Å². The molecule has 19 heavy (non-hydrogen) atoms. The van der Waals surface area contributed by atoms with Crippen LogP contribution in [-0.2, 0) is 0 Å². The molecule has 0 saturated heterocycles. The van der Waals surface area contributed by atoms with Crippen molar-refractivity contribution in [3.05, 3.63) is 39.0 Å². The molecule has 0 spiro atoms. The van der Waals surface area contributed by atoms with E-state index in [4.69, 9.17) is 5.84 Å². The van der Waals surface area contributed by atoms with Crippen LogP contribution in [0.25, 0.3) is 0 Å². The topological polar surface area (TPSA) is 75.9 Å². The summed E-state index contributed by atoms with van der Waals surface area (Å²) in [5.41, 5.74) is 2.42. The third-order valence-corrected chi connectivity index (χ3v) is 3.55. The van der Waals surface area contributed by atoms with Crippen molar-refractivity contribution < 1.29 is 8.78 Å². The molecule has 0 bridgehead atoms. The number of hydrogen-bond donors (Lipinski definition) is 3. The fraction of sp³-hybridized carbons (Fsp3) is 0. The summed E-state index contributed by atoms with van der Waals surface area (Å²) in [5, 5.41) is 2.72. The zero-order chi connectivity index (χ0) is 14.0. The fourth-order valence-electron chi connectivity index (χ4n) is 1.30. The number of hydrazine groups is 1. The van der Waals surface area contributed by atoms with Gasteiger partial charge in [0.1, 0.15) is 28.3 Å². The van der Waals surface area contributed by atoms with E-state index in [1.54, 1.807) is 0 Å². The highest BCUT2D eigenvalue weighted by Gasteiger charge is 2.12. The second-order valence-electron chi connectivity index (χ2n) is 3.40. The van der Waals surface area contributed by atoms with Crippen LogP contribution in [0, 0.1) is 11.6 Å². The lowest BCUT2D eigenvalue weighted by Gasteiger charge is -2.11. The second kappa shape index (κ2) is 5.76. The van der Waals surface area contributed by atoms with Gasteiger partial charge in [0.05, 0.1) is 10.2 Å². The predicted octanol–water partition coefficient (Wildman–Crippen LogP) is 3.31. The monoisotopic (exact) mass is 393 g/mol. The van der Waals surface area contributed by atoms with E-state index in [2.05, 4.69) is 52.6 Å². The Labute approximate surface area is 123 Å². The maximum atomic E-state index is 13.6. The van der Waals surface area contributed by atoms with Crippen LogP contribution in [0.15, 0.2) is 27.4 Å². The SMILES string of the molecule is NNc1ncnc(Nc2cc(Br)c(F)cc2F)c1Br. The molecule has 0 aliphatic heterocycles. The van der Waals surface area contributed by atoms with Crippen molar-refractivity contribution >= 4 is 49.2 Å². The normalized spacial score (nSPS) is 10.4. The number of aromatic nitrogens is 2. The van der Waals surface area contributed by atoms with Crippen LogP contribution in [0.5, 0.6) is 0 Å². The third kappa shape index (κ3) is 2.99. The first-order chi connectivity index (χ1) is 9.02. The lowest BCUT2D eigenvalue weighted by Crippen LogP contribution is -2.10. The Bertz CT molecular complexity index is 623. The smallest absolute Gasteiger partial charge is 0.159 e. The molecule has 2 aromatic rings. The van der Waals surface area contributed by atoms with E-state index >= 15 is 0 Å². The first-order valence-electron chi connectivity index (χ1n) is 4.91. The Morgan fingerprint density at radius 3 is 2.42 bits per heavy atom. The fourth-order valence-corrected chi connectivity index (χ4v) is 2.07. The Hall–Kier alpha value is -1.32. The van der Waals surface area contributed by atoms with Crippen molar-refractivity contribution in [3.63, 3.8) is 0 Å². The van der Waals surface area contributed by atoms with Gasteiger partial charge in [0.25, 0.3) is 0 Å². The molecule has 0 aliphatic carbocycles. The summed E-state index contributed by atoms with van der Waals surface area (Å²) in [4.78, 5) is 7.79. The summed E-state index contributed by atoms with van der Waals surface area (Å²) in [6.07, 6.45) is 1.25. The van der Waals surface area contributed by atoms with Crippen molar-refractivity contribution in [2.75, 3.05) is 10.7 Å². The van der Waals surface area contributed by atoms with Crippen molar-refractivity contribution in [3.8, 4) is 0 Å². The van der Waals surface area contributed by atoms with Gasteiger partial charge < -0.3 is 10.7 Å². The van der Waals surface area contributed by atoms with E-state index in [0.29, 0.717) is 16.1 Å². The van der Waals surface area contributed by atoms with Gasteiger partial charge in [0.2, 0.25) is 0 Å². The number of nitrogens with one attached hydrogen (secondary N) is 2. The number of benzene rings is 1. The van der Waals surface area contributed by atoms with Gasteiger partial charge in [0.15, 0.2) is 5.82 Å². The van der Waals surface area contributed by atoms with Crippen LogP contribution in [0.4, 0.5) is 26.1 Å². The van der Waals surface area contributed by atoms with Crippen LogP contribution < -0.4 is 16.6 Å². The molecule has 9 heteroatoms. The third-order valence-electron chi connectivity index (χ3n) is 2.19. The van der Waals surface area contributed by atoms with Crippen molar-refractivity contribution in [1.82, 2.24) is 9.97 Å². The van der Waals surface area contributed by atoms with Crippen LogP contribution in [0.1, 0.15) is 0 Å². The van der Waals surface area contributed by atoms with E-state index in [1.807, 2.05) is 0 Å². The maximum Gasteiger partial charge on any atom is 0.159 e. The minimum atomic E-state index is -0.742. The highest BCUT2D eigenvalue weighted by Crippen LogP contribution is 2.31. The standard InChI is InChI=1S/C10H7Br2F2N5/c11-4-1-7(6(14)2-5(4)13)18-9-8(12)10(19-15)17-3-16-9/h1-3H,15H2,(H2,16,17,18,19). The van der Waals surface area contributed by atoms with E-state index < -0.39 is 11.6 Å². The first-order valence-corrected chi connectivity index (χ1v) is 6.50. The number of nitrogen functional groups attached to an aromatic ring is 1. The zero-order valence-electron chi connectivity index (χ0n) is 9.22. The molecular formula is C10H7Br2F2N5. The summed E-state index contributed by atoms with van der Waals surface area (Å²) in [5.74, 6) is 4.45. The number of nitrogens with two attached hydrogens (primary N) is 1. The Morgan fingerprint density at radius 2 is 1.74 bits per heavy atom. The molecule has 5 nitrogen and oxygen atoms in total. The minimum Gasteiger partial charge on any atom is -0.337 e. The zero-order valence-corrected chi connectivity index (χ0v) is 12.4. The van der Waals surface area contributed by atoms with Gasteiger partial charge in [-0.1, -0.05) is 0 Å². The Kier molecular flexibility index (Phi) is 4.27. The van der Waals surface area contributed by atoms with Gasteiger partial charge in [-0.05, 0) is 37.9 Å². The average molecular weight is 395 g/mol. The first kappa shape index (κ1) is 14.1. The quantitative estimate of drug-likeness (QED) is 0.423. The Balaban J connectivity index is 2.39. The maximum absolute atomic E-state index is 13.6. The molecule has 1 aromatic heterocycles. The number of rotatable bonds is 3. The molecule has 1 aromatic carbocycles. The average Bonchev–Trinajstić information content (AvgIpc) is 2.38. The molecule has 0 unspecified atom stereocenters. The molecule has 1 heterocycles. The van der Waals surface area contributed by atoms with Gasteiger partial charge in [-0.2, -0.15) is 0 Å². The summed E-state index contributed by atoms with van der Waals surface area (Å²) in [6, 6.07) is 2.04. The van der Waals surface area contributed by atoms with E-state index in [0.717, 1.165) is 6.07 Å². The van der Waals surface area contributed by atoms with Crippen LogP contribution in [0.3, 0.4) is 0 Å². The molecule has 2 rings (SSSR count). The predicted molar refractivity (Wildman–Crippen MR) is 74.9 cm³/mol. The van der Waals surface area contributed by atoms with Crippen molar-refractivity contribution in [1.29, 1.82) is 0 Å². The second-order valence-corrected chi connectivity index (χ2v) is 5.05. The number of nitrogens with zero attached hydrogens (tertiary/aromatic N) is 2. The summed E-state index contributed by atoms with van der Waals surface area (Å²) in [7, 11) is 0. The molecular weight excluding hydrogens is 388 g/mol. The van der Waals surface area contributed by atoms with Gasteiger partial charge in [-0.25, -0.2) is 24.6 Å². The van der Waals surface area contributed by atoms with Crippen molar-refractivity contribution in [2.45, 2.75) is 0 Å². The Morgan fingerprint density at radius 1 is 1.05 bits per heavy atom. The summed E-state index contributed by atoms with van der Waals surface area (Å²) < 4.78 is 27.3. The van der Waals surface area contributed by atoms with Crippen molar-refractivity contribution in [2.24, 2.45) is 5.84 Å². The lowest BCUT2D eigenvalue weighted by molar-refractivity contribution is 0.581. The van der Waals surface area contributed by atoms with Gasteiger partial charge in [0, 0.05) is 6.07 Å². The molecule has 0 atom stereocenters.